The second-order valence-electron chi connectivity index (χ2n) is 2.96. The highest BCUT2D eigenvalue weighted by Gasteiger charge is 2.12. The summed E-state index contributed by atoms with van der Waals surface area (Å²) in [5.41, 5.74) is 2.63. The van der Waals surface area contributed by atoms with Gasteiger partial charge >= 0.3 is 0 Å². The van der Waals surface area contributed by atoms with Gasteiger partial charge in [0.1, 0.15) is 0 Å². The quantitative estimate of drug-likeness (QED) is 0.418. The molecule has 0 bridgehead atoms. The first-order valence-corrected chi connectivity index (χ1v) is 4.40. The molecule has 1 rings (SSSR count). The summed E-state index contributed by atoms with van der Waals surface area (Å²) in [5.74, 6) is 0.312. The molecule has 0 radical (unpaired) electrons. The average molecular weight is 200 g/mol. The maximum atomic E-state index is 10.6. The molecule has 0 aromatic heterocycles. The molecule has 0 N–H and O–H groups in total. The maximum absolute atomic E-state index is 10.6. The Bertz CT molecular complexity index is 350. The van der Waals surface area contributed by atoms with Gasteiger partial charge in [-0.2, -0.15) is 0 Å². The van der Waals surface area contributed by atoms with Crippen LogP contribution >= 0.6 is 11.6 Å². The van der Waals surface area contributed by atoms with Crippen LogP contribution in [0.3, 0.4) is 0 Å². The van der Waals surface area contributed by atoms with Gasteiger partial charge < -0.3 is 0 Å². The van der Waals surface area contributed by atoms with Crippen molar-refractivity contribution in [1.82, 2.24) is 0 Å². The van der Waals surface area contributed by atoms with Crippen LogP contribution in [-0.2, 0) is 5.88 Å². The number of nitrogens with zero attached hydrogens (tertiary/aromatic N) is 1. The Kier molecular flexibility index (Phi) is 2.88. The molecule has 0 aliphatic rings. The SMILES string of the molecule is Cc1cc(C)c([N+](=O)[O-])cc1CCl. The maximum Gasteiger partial charge on any atom is 0.272 e. The molecule has 0 aliphatic carbocycles. The second kappa shape index (κ2) is 3.75. The van der Waals surface area contributed by atoms with Crippen molar-refractivity contribution in [1.29, 1.82) is 0 Å². The van der Waals surface area contributed by atoms with Gasteiger partial charge in [-0.15, -0.1) is 11.6 Å². The number of hydrogen-bond donors (Lipinski definition) is 0. The van der Waals surface area contributed by atoms with Gasteiger partial charge in [0.2, 0.25) is 0 Å². The van der Waals surface area contributed by atoms with Crippen LogP contribution in [0.1, 0.15) is 16.7 Å². The van der Waals surface area contributed by atoms with Crippen molar-refractivity contribution >= 4 is 17.3 Å². The molecule has 0 atom stereocenters. The zero-order valence-corrected chi connectivity index (χ0v) is 8.26. The molecule has 0 unspecified atom stereocenters. The lowest BCUT2D eigenvalue weighted by molar-refractivity contribution is -0.385. The highest BCUT2D eigenvalue weighted by Crippen LogP contribution is 2.23. The molecule has 0 fully saturated rings. The van der Waals surface area contributed by atoms with Gasteiger partial charge in [-0.05, 0) is 31.0 Å². The summed E-state index contributed by atoms with van der Waals surface area (Å²) in [5, 5.41) is 10.6. The zero-order valence-electron chi connectivity index (χ0n) is 7.50. The van der Waals surface area contributed by atoms with Crippen LogP contribution in [0.25, 0.3) is 0 Å². The van der Waals surface area contributed by atoms with Crippen LogP contribution in [0, 0.1) is 24.0 Å². The Labute approximate surface area is 81.5 Å². The Morgan fingerprint density at radius 2 is 2.00 bits per heavy atom. The van der Waals surface area contributed by atoms with Crippen LogP contribution in [0.15, 0.2) is 12.1 Å². The summed E-state index contributed by atoms with van der Waals surface area (Å²) in [6.07, 6.45) is 0. The smallest absolute Gasteiger partial charge is 0.258 e. The van der Waals surface area contributed by atoms with E-state index in [1.165, 1.54) is 6.07 Å². The number of alkyl halides is 1. The van der Waals surface area contributed by atoms with E-state index in [-0.39, 0.29) is 10.6 Å². The number of nitro benzene ring substituents is 1. The van der Waals surface area contributed by atoms with Crippen molar-refractivity contribution < 1.29 is 4.92 Å². The highest BCUT2D eigenvalue weighted by molar-refractivity contribution is 6.17. The molecular formula is C9H10ClNO2. The Hall–Kier alpha value is -1.09. The molecule has 70 valence electrons. The fraction of sp³-hybridized carbons (Fsp3) is 0.333. The summed E-state index contributed by atoms with van der Waals surface area (Å²) in [4.78, 5) is 10.2. The molecule has 0 spiro atoms. The van der Waals surface area contributed by atoms with Crippen LogP contribution in [0.5, 0.6) is 0 Å². The van der Waals surface area contributed by atoms with Crippen molar-refractivity contribution in [2.45, 2.75) is 19.7 Å². The first-order valence-electron chi connectivity index (χ1n) is 3.86. The molecule has 0 amide bonds. The van der Waals surface area contributed by atoms with Gasteiger partial charge in [-0.3, -0.25) is 10.1 Å². The minimum atomic E-state index is -0.384. The standard InChI is InChI=1S/C9H10ClNO2/c1-6-3-7(2)9(11(12)13)4-8(6)5-10/h3-4H,5H2,1-2H3. The summed E-state index contributed by atoms with van der Waals surface area (Å²) < 4.78 is 0. The molecule has 0 heterocycles. The fourth-order valence-electron chi connectivity index (χ4n) is 1.22. The molecule has 1 aromatic carbocycles. The highest BCUT2D eigenvalue weighted by atomic mass is 35.5. The predicted molar refractivity (Wildman–Crippen MR) is 52.1 cm³/mol. The van der Waals surface area contributed by atoms with E-state index in [1.807, 2.05) is 6.92 Å². The van der Waals surface area contributed by atoms with E-state index in [9.17, 15) is 10.1 Å². The van der Waals surface area contributed by atoms with E-state index in [2.05, 4.69) is 0 Å². The number of halogens is 1. The molecule has 0 aliphatic heterocycles. The third-order valence-electron chi connectivity index (χ3n) is 2.00. The van der Waals surface area contributed by atoms with Crippen LogP contribution in [-0.4, -0.2) is 4.92 Å². The normalized spacial score (nSPS) is 10.1. The van der Waals surface area contributed by atoms with Gasteiger partial charge in [0, 0.05) is 17.5 Å². The largest absolute Gasteiger partial charge is 0.272 e. The average Bonchev–Trinajstić information content (AvgIpc) is 2.03. The lowest BCUT2D eigenvalue weighted by Crippen LogP contribution is -1.95. The lowest BCUT2D eigenvalue weighted by Gasteiger charge is -2.03. The predicted octanol–water partition coefficient (Wildman–Crippen LogP) is 2.95. The Morgan fingerprint density at radius 3 is 2.46 bits per heavy atom. The number of aryl methyl sites for hydroxylation is 2. The Balaban J connectivity index is 3.30. The van der Waals surface area contributed by atoms with Gasteiger partial charge in [-0.1, -0.05) is 0 Å². The van der Waals surface area contributed by atoms with Crippen LogP contribution in [0.4, 0.5) is 5.69 Å². The van der Waals surface area contributed by atoms with E-state index >= 15 is 0 Å². The topological polar surface area (TPSA) is 43.1 Å². The van der Waals surface area contributed by atoms with Crippen LogP contribution < -0.4 is 0 Å². The Morgan fingerprint density at radius 1 is 1.38 bits per heavy atom. The lowest BCUT2D eigenvalue weighted by atomic mass is 10.1. The van der Waals surface area contributed by atoms with Crippen LogP contribution in [0.2, 0.25) is 0 Å². The van der Waals surface area contributed by atoms with Gasteiger partial charge in [0.25, 0.3) is 5.69 Å². The summed E-state index contributed by atoms with van der Waals surface area (Å²) in [6, 6.07) is 3.33. The van der Waals surface area contributed by atoms with Gasteiger partial charge in [-0.25, -0.2) is 0 Å². The van der Waals surface area contributed by atoms with Crippen molar-refractivity contribution in [3.8, 4) is 0 Å². The molecule has 0 saturated heterocycles. The van der Waals surface area contributed by atoms with E-state index in [0.29, 0.717) is 11.4 Å². The second-order valence-corrected chi connectivity index (χ2v) is 3.22. The van der Waals surface area contributed by atoms with E-state index in [0.717, 1.165) is 11.1 Å². The number of nitro groups is 1. The summed E-state index contributed by atoms with van der Waals surface area (Å²) in [6.45, 7) is 3.62. The molecular weight excluding hydrogens is 190 g/mol. The minimum absolute atomic E-state index is 0.140. The summed E-state index contributed by atoms with van der Waals surface area (Å²) in [7, 11) is 0. The summed E-state index contributed by atoms with van der Waals surface area (Å²) >= 11 is 5.64. The fourth-order valence-corrected chi connectivity index (χ4v) is 1.51. The third-order valence-corrected chi connectivity index (χ3v) is 2.28. The van der Waals surface area contributed by atoms with E-state index in [1.54, 1.807) is 13.0 Å². The van der Waals surface area contributed by atoms with E-state index < -0.39 is 0 Å². The van der Waals surface area contributed by atoms with Crippen molar-refractivity contribution in [3.05, 3.63) is 38.9 Å². The zero-order chi connectivity index (χ0) is 10.0. The van der Waals surface area contributed by atoms with Gasteiger partial charge in [0.15, 0.2) is 0 Å². The third kappa shape index (κ3) is 1.98. The molecule has 1 aromatic rings. The number of hydrogen-bond acceptors (Lipinski definition) is 2. The van der Waals surface area contributed by atoms with Gasteiger partial charge in [0.05, 0.1) is 4.92 Å². The van der Waals surface area contributed by atoms with Crippen molar-refractivity contribution in [2.75, 3.05) is 0 Å². The molecule has 4 heteroatoms. The van der Waals surface area contributed by atoms with Crippen molar-refractivity contribution in [3.63, 3.8) is 0 Å². The molecule has 13 heavy (non-hydrogen) atoms. The van der Waals surface area contributed by atoms with E-state index in [4.69, 9.17) is 11.6 Å². The monoisotopic (exact) mass is 199 g/mol. The molecule has 0 saturated carbocycles. The molecule has 3 nitrogen and oxygen atoms in total. The van der Waals surface area contributed by atoms with Crippen molar-refractivity contribution in [2.24, 2.45) is 0 Å². The number of benzene rings is 1. The first kappa shape index (κ1) is 9.99. The first-order chi connectivity index (χ1) is 6.06. The minimum Gasteiger partial charge on any atom is -0.258 e. The number of rotatable bonds is 2.